The van der Waals surface area contributed by atoms with E-state index in [1.807, 2.05) is 30.3 Å². The maximum Gasteiger partial charge on any atom is 0.328 e. The Hall–Kier alpha value is -2.95. The zero-order chi connectivity index (χ0) is 15.4. The van der Waals surface area contributed by atoms with E-state index in [-0.39, 0.29) is 6.79 Å². The summed E-state index contributed by atoms with van der Waals surface area (Å²) in [5.74, 6) is 0.699. The van der Waals surface area contributed by atoms with Crippen LogP contribution in [0.4, 0.5) is 0 Å². The maximum absolute atomic E-state index is 10.7. The molecule has 112 valence electrons. The Morgan fingerprint density at radius 1 is 1.18 bits per heavy atom. The molecule has 0 radical (unpaired) electrons. The molecule has 0 fully saturated rings. The van der Waals surface area contributed by atoms with Gasteiger partial charge in [-0.15, -0.1) is 0 Å². The fourth-order valence-corrected chi connectivity index (χ4v) is 2.09. The van der Waals surface area contributed by atoms with E-state index >= 15 is 0 Å². The zero-order valence-corrected chi connectivity index (χ0v) is 11.7. The summed E-state index contributed by atoms with van der Waals surface area (Å²) in [6.45, 7) is 0.536. The first-order chi connectivity index (χ1) is 10.7. The van der Waals surface area contributed by atoms with Gasteiger partial charge >= 0.3 is 5.97 Å². The molecule has 0 atom stereocenters. The number of aliphatic carboxylic acids is 1. The topological polar surface area (TPSA) is 65.0 Å². The minimum absolute atomic E-state index is 0.152. The van der Waals surface area contributed by atoms with Crippen LogP contribution in [0.25, 0.3) is 6.08 Å². The predicted octanol–water partition coefficient (Wildman–Crippen LogP) is 3.09. The molecule has 0 aromatic heterocycles. The summed E-state index contributed by atoms with van der Waals surface area (Å²) < 4.78 is 16.4. The average Bonchev–Trinajstić information content (AvgIpc) is 2.98. The molecule has 0 aliphatic carbocycles. The van der Waals surface area contributed by atoms with Crippen LogP contribution in [0.2, 0.25) is 0 Å². The van der Waals surface area contributed by atoms with E-state index in [1.54, 1.807) is 12.1 Å². The Morgan fingerprint density at radius 3 is 2.64 bits per heavy atom. The Morgan fingerprint density at radius 2 is 1.91 bits per heavy atom. The number of hydrogen-bond donors (Lipinski definition) is 1. The third kappa shape index (κ3) is 3.20. The van der Waals surface area contributed by atoms with Gasteiger partial charge in [-0.3, -0.25) is 0 Å². The molecule has 2 aromatic rings. The van der Waals surface area contributed by atoms with E-state index in [4.69, 9.17) is 19.3 Å². The van der Waals surface area contributed by atoms with Crippen molar-refractivity contribution in [2.45, 2.75) is 6.61 Å². The maximum atomic E-state index is 10.7. The number of carbonyl (C=O) groups is 1. The van der Waals surface area contributed by atoms with Crippen LogP contribution >= 0.6 is 0 Å². The van der Waals surface area contributed by atoms with Crippen LogP contribution in [0.5, 0.6) is 17.2 Å². The van der Waals surface area contributed by atoms with Gasteiger partial charge in [-0.25, -0.2) is 4.79 Å². The van der Waals surface area contributed by atoms with Gasteiger partial charge in [-0.2, -0.15) is 0 Å². The van der Waals surface area contributed by atoms with Gasteiger partial charge in [0.25, 0.3) is 0 Å². The lowest BCUT2D eigenvalue weighted by molar-refractivity contribution is -0.131. The van der Waals surface area contributed by atoms with Crippen molar-refractivity contribution < 1.29 is 24.1 Å². The zero-order valence-electron chi connectivity index (χ0n) is 11.7. The number of fused-ring (bicyclic) bond motifs is 1. The molecule has 0 saturated carbocycles. The number of carboxylic acids is 1. The van der Waals surface area contributed by atoms with Crippen LogP contribution in [0.3, 0.4) is 0 Å². The second-order valence-corrected chi connectivity index (χ2v) is 4.69. The second kappa shape index (κ2) is 6.22. The minimum Gasteiger partial charge on any atom is -0.488 e. The summed E-state index contributed by atoms with van der Waals surface area (Å²) in [5.41, 5.74) is 1.65. The van der Waals surface area contributed by atoms with E-state index in [0.29, 0.717) is 29.4 Å². The highest BCUT2D eigenvalue weighted by Crippen LogP contribution is 2.39. The fraction of sp³-hybridized carbons (Fsp3) is 0.118. The van der Waals surface area contributed by atoms with Crippen LogP contribution in [-0.2, 0) is 11.4 Å². The largest absolute Gasteiger partial charge is 0.488 e. The molecule has 5 heteroatoms. The highest BCUT2D eigenvalue weighted by molar-refractivity contribution is 5.86. The first-order valence-corrected chi connectivity index (χ1v) is 6.74. The lowest BCUT2D eigenvalue weighted by atomic mass is 10.1. The van der Waals surface area contributed by atoms with Crippen LogP contribution in [-0.4, -0.2) is 17.9 Å². The molecule has 0 bridgehead atoms. The molecule has 1 aliphatic heterocycles. The molecule has 5 nitrogen and oxygen atoms in total. The average molecular weight is 298 g/mol. The molecule has 22 heavy (non-hydrogen) atoms. The highest BCUT2D eigenvalue weighted by Gasteiger charge is 2.17. The van der Waals surface area contributed by atoms with Crippen molar-refractivity contribution in [2.75, 3.05) is 6.79 Å². The Kier molecular flexibility index (Phi) is 3.96. The summed E-state index contributed by atoms with van der Waals surface area (Å²) in [6.07, 6.45) is 2.54. The van der Waals surface area contributed by atoms with Crippen LogP contribution in [0, 0.1) is 0 Å². The Labute approximate surface area is 127 Å². The molecule has 0 unspecified atom stereocenters. The van der Waals surface area contributed by atoms with Crippen molar-refractivity contribution in [2.24, 2.45) is 0 Å². The molecule has 1 N–H and O–H groups in total. The van der Waals surface area contributed by atoms with Crippen molar-refractivity contribution in [3.05, 3.63) is 59.7 Å². The monoisotopic (exact) mass is 298 g/mol. The predicted molar refractivity (Wildman–Crippen MR) is 80.0 cm³/mol. The number of carboxylic acid groups (broad SMARTS) is 1. The minimum atomic E-state index is -1.02. The van der Waals surface area contributed by atoms with Gasteiger partial charge in [0.1, 0.15) is 12.4 Å². The van der Waals surface area contributed by atoms with Gasteiger partial charge in [0.05, 0.1) is 0 Å². The lowest BCUT2D eigenvalue weighted by Crippen LogP contribution is -1.97. The normalized spacial score (nSPS) is 12.5. The molecule has 1 aliphatic rings. The quantitative estimate of drug-likeness (QED) is 0.859. The molecule has 3 rings (SSSR count). The van der Waals surface area contributed by atoms with E-state index in [0.717, 1.165) is 11.6 Å². The Bertz CT molecular complexity index is 706. The van der Waals surface area contributed by atoms with Crippen LogP contribution < -0.4 is 14.2 Å². The Balaban J connectivity index is 1.86. The molecular weight excluding hydrogens is 284 g/mol. The van der Waals surface area contributed by atoms with Gasteiger partial charge < -0.3 is 19.3 Å². The van der Waals surface area contributed by atoms with Gasteiger partial charge in [0.2, 0.25) is 6.79 Å². The van der Waals surface area contributed by atoms with Crippen LogP contribution in [0.15, 0.2) is 48.5 Å². The van der Waals surface area contributed by atoms with Crippen LogP contribution in [0.1, 0.15) is 11.1 Å². The summed E-state index contributed by atoms with van der Waals surface area (Å²) in [6, 6.07) is 13.1. The number of ether oxygens (including phenoxy) is 3. The first kappa shape index (κ1) is 14.0. The number of rotatable bonds is 5. The lowest BCUT2D eigenvalue weighted by Gasteiger charge is -2.10. The number of hydrogen-bond acceptors (Lipinski definition) is 4. The third-order valence-corrected chi connectivity index (χ3v) is 3.15. The fourth-order valence-electron chi connectivity index (χ4n) is 2.09. The van der Waals surface area contributed by atoms with E-state index in [9.17, 15) is 4.79 Å². The summed E-state index contributed by atoms with van der Waals surface area (Å²) in [5, 5.41) is 8.78. The van der Waals surface area contributed by atoms with Gasteiger partial charge in [0, 0.05) is 17.7 Å². The first-order valence-electron chi connectivity index (χ1n) is 6.74. The second-order valence-electron chi connectivity index (χ2n) is 4.69. The number of benzene rings is 2. The van der Waals surface area contributed by atoms with Crippen molar-refractivity contribution in [3.8, 4) is 17.2 Å². The molecule has 2 aromatic carbocycles. The molecule has 0 saturated heterocycles. The van der Waals surface area contributed by atoms with Gasteiger partial charge in [-0.05, 0) is 17.7 Å². The SMILES string of the molecule is O=C(O)C=Cc1cc2c(cc1OCc1ccccc1)OCO2. The summed E-state index contributed by atoms with van der Waals surface area (Å²) in [7, 11) is 0. The molecule has 1 heterocycles. The third-order valence-electron chi connectivity index (χ3n) is 3.15. The van der Waals surface area contributed by atoms with Crippen molar-refractivity contribution in [1.29, 1.82) is 0 Å². The van der Waals surface area contributed by atoms with E-state index < -0.39 is 5.97 Å². The van der Waals surface area contributed by atoms with Gasteiger partial charge in [-0.1, -0.05) is 30.3 Å². The smallest absolute Gasteiger partial charge is 0.328 e. The van der Waals surface area contributed by atoms with Gasteiger partial charge in [0.15, 0.2) is 11.5 Å². The van der Waals surface area contributed by atoms with Crippen molar-refractivity contribution >= 4 is 12.0 Å². The standard InChI is InChI=1S/C17H14O5/c18-17(19)7-6-13-8-15-16(22-11-21-15)9-14(13)20-10-12-4-2-1-3-5-12/h1-9H,10-11H2,(H,18,19). The van der Waals surface area contributed by atoms with Crippen molar-refractivity contribution in [3.63, 3.8) is 0 Å². The summed E-state index contributed by atoms with van der Waals surface area (Å²) >= 11 is 0. The van der Waals surface area contributed by atoms with E-state index in [2.05, 4.69) is 0 Å². The molecule has 0 amide bonds. The molecule has 0 spiro atoms. The summed E-state index contributed by atoms with van der Waals surface area (Å²) in [4.78, 5) is 10.7. The highest BCUT2D eigenvalue weighted by atomic mass is 16.7. The van der Waals surface area contributed by atoms with E-state index in [1.165, 1.54) is 6.08 Å². The molecular formula is C17H14O5. The van der Waals surface area contributed by atoms with Crippen molar-refractivity contribution in [1.82, 2.24) is 0 Å².